The Balaban J connectivity index is 1.83. The summed E-state index contributed by atoms with van der Waals surface area (Å²) in [6, 6.07) is 5.05. The number of rotatable bonds is 2. The van der Waals surface area contributed by atoms with Crippen molar-refractivity contribution >= 4 is 29.2 Å². The highest BCUT2D eigenvalue weighted by molar-refractivity contribution is 6.30. The number of carbonyl (C=O) groups excluding carboxylic acids is 2. The first-order valence-electron chi connectivity index (χ1n) is 8.89. The average molecular weight is 430 g/mol. The molecule has 1 N–H and O–H groups in total. The van der Waals surface area contributed by atoms with Crippen molar-refractivity contribution in [3.05, 3.63) is 41.2 Å². The number of halogens is 4. The van der Waals surface area contributed by atoms with E-state index < -0.39 is 23.6 Å². The normalized spacial score (nSPS) is 15.2. The Labute approximate surface area is 170 Å². The van der Waals surface area contributed by atoms with E-state index in [1.165, 1.54) is 36.1 Å². The maximum Gasteiger partial charge on any atom is 0.435 e. The molecule has 1 saturated heterocycles. The molecule has 7 nitrogen and oxygen atoms in total. The van der Waals surface area contributed by atoms with Crippen molar-refractivity contribution in [2.24, 2.45) is 0 Å². The van der Waals surface area contributed by atoms with Crippen LogP contribution in [0.15, 0.2) is 30.5 Å². The number of hydrogen-bond donors (Lipinski definition) is 1. The molecule has 0 radical (unpaired) electrons. The van der Waals surface area contributed by atoms with Crippen LogP contribution in [0.3, 0.4) is 0 Å². The molecule has 29 heavy (non-hydrogen) atoms. The van der Waals surface area contributed by atoms with E-state index in [1.54, 1.807) is 4.90 Å². The first-order chi connectivity index (χ1) is 13.7. The smallest absolute Gasteiger partial charge is 0.341 e. The standard InChI is InChI=1S/C18H19ClF3N5O2/c1-12(28)25-7-2-8-26(10-9-25)17(29)24-15-11-23-27(16(15)18(20,21)22)14-5-3-13(19)4-6-14/h3-6,11H,2,7-10H2,1H3,(H,24,29). The largest absolute Gasteiger partial charge is 0.435 e. The number of urea groups is 1. The summed E-state index contributed by atoms with van der Waals surface area (Å²) in [5.74, 6) is -0.101. The number of alkyl halides is 3. The van der Waals surface area contributed by atoms with Crippen LogP contribution in [0.25, 0.3) is 5.69 Å². The van der Waals surface area contributed by atoms with Crippen LogP contribution in [0.2, 0.25) is 5.02 Å². The molecule has 1 fully saturated rings. The molecular formula is C18H19ClF3N5O2. The highest BCUT2D eigenvalue weighted by atomic mass is 35.5. The number of carbonyl (C=O) groups is 2. The van der Waals surface area contributed by atoms with Crippen molar-refractivity contribution in [3.63, 3.8) is 0 Å². The number of hydrogen-bond acceptors (Lipinski definition) is 3. The second-order valence-electron chi connectivity index (χ2n) is 6.57. The van der Waals surface area contributed by atoms with Gasteiger partial charge in [-0.3, -0.25) is 4.79 Å². The molecule has 1 aromatic carbocycles. The highest BCUT2D eigenvalue weighted by Crippen LogP contribution is 2.36. The van der Waals surface area contributed by atoms with Crippen molar-refractivity contribution in [2.45, 2.75) is 19.5 Å². The van der Waals surface area contributed by atoms with E-state index >= 15 is 0 Å². The summed E-state index contributed by atoms with van der Waals surface area (Å²) in [5.41, 5.74) is -1.37. The molecule has 1 aromatic heterocycles. The van der Waals surface area contributed by atoms with Crippen LogP contribution in [0, 0.1) is 0 Å². The number of nitrogens with one attached hydrogen (secondary N) is 1. The summed E-state index contributed by atoms with van der Waals surface area (Å²) < 4.78 is 41.8. The molecule has 0 saturated carbocycles. The molecule has 0 aliphatic carbocycles. The highest BCUT2D eigenvalue weighted by Gasteiger charge is 2.39. The summed E-state index contributed by atoms with van der Waals surface area (Å²) in [5, 5.41) is 6.49. The van der Waals surface area contributed by atoms with Gasteiger partial charge in [0.2, 0.25) is 5.91 Å². The van der Waals surface area contributed by atoms with Crippen molar-refractivity contribution in [1.29, 1.82) is 0 Å². The van der Waals surface area contributed by atoms with Crippen LogP contribution in [0.5, 0.6) is 0 Å². The third kappa shape index (κ3) is 4.81. The van der Waals surface area contributed by atoms with Gasteiger partial charge in [0.25, 0.3) is 0 Å². The number of benzene rings is 1. The topological polar surface area (TPSA) is 70.5 Å². The third-order valence-electron chi connectivity index (χ3n) is 4.58. The molecule has 3 rings (SSSR count). The molecule has 0 spiro atoms. The number of nitrogens with zero attached hydrogens (tertiary/aromatic N) is 4. The third-order valence-corrected chi connectivity index (χ3v) is 4.83. The Hall–Kier alpha value is -2.75. The minimum atomic E-state index is -4.75. The van der Waals surface area contributed by atoms with Crippen LogP contribution in [-0.2, 0) is 11.0 Å². The maximum atomic E-state index is 13.7. The first-order valence-corrected chi connectivity index (χ1v) is 9.27. The zero-order valence-corrected chi connectivity index (χ0v) is 16.3. The zero-order valence-electron chi connectivity index (χ0n) is 15.5. The van der Waals surface area contributed by atoms with Gasteiger partial charge in [-0.25, -0.2) is 9.48 Å². The van der Waals surface area contributed by atoms with Crippen molar-refractivity contribution in [3.8, 4) is 5.69 Å². The SMILES string of the molecule is CC(=O)N1CCCN(C(=O)Nc2cnn(-c3ccc(Cl)cc3)c2C(F)(F)F)CC1. The first kappa shape index (κ1) is 21.0. The van der Waals surface area contributed by atoms with Crippen molar-refractivity contribution < 1.29 is 22.8 Å². The van der Waals surface area contributed by atoms with Gasteiger partial charge >= 0.3 is 12.2 Å². The summed E-state index contributed by atoms with van der Waals surface area (Å²) in [6.07, 6.45) is -3.23. The summed E-state index contributed by atoms with van der Waals surface area (Å²) >= 11 is 5.79. The minimum absolute atomic E-state index is 0.101. The minimum Gasteiger partial charge on any atom is -0.341 e. The molecular weight excluding hydrogens is 411 g/mol. The van der Waals surface area contributed by atoms with Gasteiger partial charge in [0, 0.05) is 38.1 Å². The molecule has 2 aromatic rings. The van der Waals surface area contributed by atoms with Gasteiger partial charge in [0.1, 0.15) is 0 Å². The van der Waals surface area contributed by atoms with Crippen molar-refractivity contribution in [2.75, 3.05) is 31.5 Å². The van der Waals surface area contributed by atoms with Crippen LogP contribution < -0.4 is 5.32 Å². The van der Waals surface area contributed by atoms with Crippen LogP contribution in [-0.4, -0.2) is 57.7 Å². The molecule has 11 heteroatoms. The molecule has 3 amide bonds. The van der Waals surface area contributed by atoms with E-state index in [4.69, 9.17) is 11.6 Å². The Morgan fingerprint density at radius 1 is 1.07 bits per heavy atom. The van der Waals surface area contributed by atoms with Gasteiger partial charge in [-0.15, -0.1) is 0 Å². The average Bonchev–Trinajstić information content (AvgIpc) is 2.91. The maximum absolute atomic E-state index is 13.7. The van der Waals surface area contributed by atoms with Crippen LogP contribution in [0.1, 0.15) is 19.0 Å². The fraction of sp³-hybridized carbons (Fsp3) is 0.389. The van der Waals surface area contributed by atoms with E-state index in [1.807, 2.05) is 0 Å². The van der Waals surface area contributed by atoms with Crippen molar-refractivity contribution in [1.82, 2.24) is 19.6 Å². The van der Waals surface area contributed by atoms with Gasteiger partial charge in [-0.2, -0.15) is 18.3 Å². The molecule has 0 bridgehead atoms. The molecule has 1 aliphatic rings. The number of amides is 3. The second kappa shape index (κ2) is 8.32. The summed E-state index contributed by atoms with van der Waals surface area (Å²) in [4.78, 5) is 27.0. The Bertz CT molecular complexity index is 898. The Morgan fingerprint density at radius 3 is 2.31 bits per heavy atom. The Kier molecular flexibility index (Phi) is 6.02. The van der Waals surface area contributed by atoms with Gasteiger partial charge in [-0.1, -0.05) is 11.6 Å². The van der Waals surface area contributed by atoms with E-state index in [0.717, 1.165) is 6.20 Å². The Morgan fingerprint density at radius 2 is 1.69 bits per heavy atom. The monoisotopic (exact) mass is 429 g/mol. The summed E-state index contributed by atoms with van der Waals surface area (Å²) in [6.45, 7) is 2.84. The van der Waals surface area contributed by atoms with E-state index in [2.05, 4.69) is 10.4 Å². The predicted octanol–water partition coefficient (Wildman–Crippen LogP) is 3.63. The molecule has 2 heterocycles. The van der Waals surface area contributed by atoms with Crippen LogP contribution in [0.4, 0.5) is 23.7 Å². The van der Waals surface area contributed by atoms with E-state index in [0.29, 0.717) is 35.8 Å². The molecule has 0 atom stereocenters. The van der Waals surface area contributed by atoms with Gasteiger partial charge < -0.3 is 15.1 Å². The summed E-state index contributed by atoms with van der Waals surface area (Å²) in [7, 11) is 0. The van der Waals surface area contributed by atoms with Crippen LogP contribution >= 0.6 is 11.6 Å². The lowest BCUT2D eigenvalue weighted by atomic mass is 10.3. The van der Waals surface area contributed by atoms with Gasteiger partial charge in [-0.05, 0) is 30.7 Å². The molecule has 0 unspecified atom stereocenters. The van der Waals surface area contributed by atoms with Gasteiger partial charge in [0.15, 0.2) is 5.69 Å². The number of aromatic nitrogens is 2. The lowest BCUT2D eigenvalue weighted by Gasteiger charge is -2.22. The molecule has 1 aliphatic heterocycles. The predicted molar refractivity (Wildman–Crippen MR) is 101 cm³/mol. The van der Waals surface area contributed by atoms with Gasteiger partial charge in [0.05, 0.1) is 17.6 Å². The fourth-order valence-corrected chi connectivity index (χ4v) is 3.25. The number of anilines is 1. The fourth-order valence-electron chi connectivity index (χ4n) is 3.12. The zero-order chi connectivity index (χ0) is 21.2. The van der Waals surface area contributed by atoms with E-state index in [-0.39, 0.29) is 18.1 Å². The second-order valence-corrected chi connectivity index (χ2v) is 7.01. The lowest BCUT2D eigenvalue weighted by Crippen LogP contribution is -2.39. The quantitative estimate of drug-likeness (QED) is 0.792. The van der Waals surface area contributed by atoms with E-state index in [9.17, 15) is 22.8 Å². The lowest BCUT2D eigenvalue weighted by molar-refractivity contribution is -0.142. The molecule has 156 valence electrons.